The van der Waals surface area contributed by atoms with E-state index in [1.807, 2.05) is 35.7 Å². The van der Waals surface area contributed by atoms with Crippen molar-refractivity contribution in [1.82, 2.24) is 10.6 Å². The summed E-state index contributed by atoms with van der Waals surface area (Å²) in [4.78, 5) is 23.8. The molecule has 0 aliphatic carbocycles. The third-order valence-corrected chi connectivity index (χ3v) is 4.34. The molecule has 0 saturated carbocycles. The summed E-state index contributed by atoms with van der Waals surface area (Å²) >= 11 is 1.58. The summed E-state index contributed by atoms with van der Waals surface area (Å²) in [6.07, 6.45) is -0.363. The van der Waals surface area contributed by atoms with E-state index >= 15 is 0 Å². The van der Waals surface area contributed by atoms with Gasteiger partial charge in [0.25, 0.3) is 0 Å². The predicted octanol–water partition coefficient (Wildman–Crippen LogP) is 2.20. The number of benzene rings is 1. The van der Waals surface area contributed by atoms with E-state index in [1.165, 1.54) is 7.11 Å². The van der Waals surface area contributed by atoms with Crippen LogP contribution in [0.5, 0.6) is 0 Å². The second-order valence-corrected chi connectivity index (χ2v) is 5.92. The van der Waals surface area contributed by atoms with Gasteiger partial charge in [-0.25, -0.2) is 4.79 Å². The largest absolute Gasteiger partial charge is 0.453 e. The average Bonchev–Trinajstić information content (AvgIpc) is 2.97. The minimum absolute atomic E-state index is 0.323. The van der Waals surface area contributed by atoms with Crippen LogP contribution < -0.4 is 10.6 Å². The number of amides is 2. The van der Waals surface area contributed by atoms with Gasteiger partial charge in [-0.05, 0) is 29.3 Å². The molecule has 7 heteroatoms. The molecule has 2 N–H and O–H groups in total. The van der Waals surface area contributed by atoms with E-state index in [2.05, 4.69) is 15.4 Å². The molecule has 0 fully saturated rings. The number of carbonyl (C=O) groups is 2. The smallest absolute Gasteiger partial charge is 0.407 e. The van der Waals surface area contributed by atoms with Crippen LogP contribution in [0, 0.1) is 11.3 Å². The standard InChI is InChI=1S/C16H17N3O3S/c1-10(8-17)18-15(20)13(19-16(21)22-2)7-11-9-23-14-6-4-3-5-12(11)14/h3-6,9-10,13H,7H2,1-2H3,(H,18,20)(H,19,21). The van der Waals surface area contributed by atoms with Crippen molar-refractivity contribution in [3.05, 3.63) is 35.2 Å². The molecule has 1 aromatic heterocycles. The SMILES string of the molecule is COC(=O)NC(Cc1csc2ccccc12)C(=O)NC(C)C#N. The fourth-order valence-electron chi connectivity index (χ4n) is 2.17. The highest BCUT2D eigenvalue weighted by Gasteiger charge is 2.24. The third kappa shape index (κ3) is 4.20. The first-order valence-corrected chi connectivity index (χ1v) is 7.92. The molecule has 120 valence electrons. The van der Waals surface area contributed by atoms with Crippen LogP contribution in [0.15, 0.2) is 29.6 Å². The molecule has 2 aromatic rings. The van der Waals surface area contributed by atoms with Crippen molar-refractivity contribution in [2.45, 2.75) is 25.4 Å². The van der Waals surface area contributed by atoms with E-state index in [1.54, 1.807) is 18.3 Å². The molecular formula is C16H17N3O3S. The summed E-state index contributed by atoms with van der Waals surface area (Å²) in [7, 11) is 1.24. The average molecular weight is 331 g/mol. The number of nitrogens with one attached hydrogen (secondary N) is 2. The maximum absolute atomic E-state index is 12.3. The molecular weight excluding hydrogens is 314 g/mol. The highest BCUT2D eigenvalue weighted by Crippen LogP contribution is 2.26. The van der Waals surface area contributed by atoms with Gasteiger partial charge in [-0.2, -0.15) is 5.26 Å². The van der Waals surface area contributed by atoms with Gasteiger partial charge in [0.1, 0.15) is 12.1 Å². The Kier molecular flexibility index (Phi) is 5.55. The lowest BCUT2D eigenvalue weighted by Crippen LogP contribution is -2.49. The Morgan fingerprint density at radius 2 is 2.09 bits per heavy atom. The minimum Gasteiger partial charge on any atom is -0.453 e. The highest BCUT2D eigenvalue weighted by atomic mass is 32.1. The van der Waals surface area contributed by atoms with Gasteiger partial charge in [0, 0.05) is 11.1 Å². The maximum atomic E-state index is 12.3. The molecule has 0 spiro atoms. The number of ether oxygens (including phenoxy) is 1. The van der Waals surface area contributed by atoms with E-state index in [0.29, 0.717) is 6.42 Å². The summed E-state index contributed by atoms with van der Waals surface area (Å²) in [5.41, 5.74) is 0.965. The number of nitrogens with zero attached hydrogens (tertiary/aromatic N) is 1. The fraction of sp³-hybridized carbons (Fsp3) is 0.312. The van der Waals surface area contributed by atoms with Crippen LogP contribution in [0.3, 0.4) is 0 Å². The Bertz CT molecular complexity index is 750. The number of alkyl carbamates (subject to hydrolysis) is 1. The van der Waals surface area contributed by atoms with Gasteiger partial charge in [-0.3, -0.25) is 4.79 Å². The van der Waals surface area contributed by atoms with Crippen molar-refractivity contribution in [3.8, 4) is 6.07 Å². The lowest BCUT2D eigenvalue weighted by molar-refractivity contribution is -0.123. The topological polar surface area (TPSA) is 91.2 Å². The number of methoxy groups -OCH3 is 1. The number of rotatable bonds is 5. The first kappa shape index (κ1) is 16.8. The lowest BCUT2D eigenvalue weighted by Gasteiger charge is -2.18. The Balaban J connectivity index is 2.21. The Morgan fingerprint density at radius 1 is 1.35 bits per heavy atom. The van der Waals surface area contributed by atoms with Crippen LogP contribution in [0.4, 0.5) is 4.79 Å². The molecule has 1 aromatic carbocycles. The zero-order valence-corrected chi connectivity index (χ0v) is 13.6. The van der Waals surface area contributed by atoms with E-state index in [9.17, 15) is 9.59 Å². The molecule has 2 atom stereocenters. The van der Waals surface area contributed by atoms with Crippen LogP contribution in [-0.2, 0) is 16.0 Å². The normalized spacial score (nSPS) is 12.9. The number of fused-ring (bicyclic) bond motifs is 1. The van der Waals surface area contributed by atoms with Gasteiger partial charge >= 0.3 is 6.09 Å². The van der Waals surface area contributed by atoms with Gasteiger partial charge in [-0.15, -0.1) is 11.3 Å². The van der Waals surface area contributed by atoms with Crippen LogP contribution >= 0.6 is 11.3 Å². The molecule has 0 bridgehead atoms. The Morgan fingerprint density at radius 3 is 2.78 bits per heavy atom. The monoisotopic (exact) mass is 331 g/mol. The van der Waals surface area contributed by atoms with Crippen molar-refractivity contribution in [2.75, 3.05) is 7.11 Å². The number of carbonyl (C=O) groups excluding carboxylic acids is 2. The van der Waals surface area contributed by atoms with Gasteiger partial charge in [-0.1, -0.05) is 18.2 Å². The maximum Gasteiger partial charge on any atom is 0.407 e. The first-order chi connectivity index (χ1) is 11.0. The van der Waals surface area contributed by atoms with E-state index < -0.39 is 24.1 Å². The number of hydrogen-bond donors (Lipinski definition) is 2. The molecule has 0 radical (unpaired) electrons. The first-order valence-electron chi connectivity index (χ1n) is 7.04. The zero-order valence-electron chi connectivity index (χ0n) is 12.8. The van der Waals surface area contributed by atoms with Gasteiger partial charge in [0.15, 0.2) is 0 Å². The quantitative estimate of drug-likeness (QED) is 0.878. The van der Waals surface area contributed by atoms with Crippen molar-refractivity contribution in [2.24, 2.45) is 0 Å². The van der Waals surface area contributed by atoms with Crippen molar-refractivity contribution in [1.29, 1.82) is 5.26 Å². The molecule has 2 unspecified atom stereocenters. The van der Waals surface area contributed by atoms with Crippen molar-refractivity contribution >= 4 is 33.4 Å². The highest BCUT2D eigenvalue weighted by molar-refractivity contribution is 7.17. The molecule has 1 heterocycles. The molecule has 2 rings (SSSR count). The summed E-state index contributed by atoms with van der Waals surface area (Å²) < 4.78 is 5.69. The molecule has 23 heavy (non-hydrogen) atoms. The van der Waals surface area contributed by atoms with Gasteiger partial charge in [0.2, 0.25) is 5.91 Å². The number of thiophene rings is 1. The second-order valence-electron chi connectivity index (χ2n) is 5.01. The van der Waals surface area contributed by atoms with E-state index in [4.69, 9.17) is 5.26 Å². The molecule has 0 aliphatic heterocycles. The lowest BCUT2D eigenvalue weighted by atomic mass is 10.0. The van der Waals surface area contributed by atoms with E-state index in [0.717, 1.165) is 15.6 Å². The summed E-state index contributed by atoms with van der Waals surface area (Å²) in [5.74, 6) is -0.417. The molecule has 0 aliphatic rings. The fourth-order valence-corrected chi connectivity index (χ4v) is 3.14. The van der Waals surface area contributed by atoms with Gasteiger partial charge in [0.05, 0.1) is 13.2 Å². The molecule has 6 nitrogen and oxygen atoms in total. The van der Waals surface area contributed by atoms with Crippen molar-refractivity contribution < 1.29 is 14.3 Å². The third-order valence-electron chi connectivity index (χ3n) is 3.33. The van der Waals surface area contributed by atoms with Crippen LogP contribution in [0.2, 0.25) is 0 Å². The zero-order chi connectivity index (χ0) is 16.8. The molecule has 2 amide bonds. The second kappa shape index (κ2) is 7.61. The van der Waals surface area contributed by atoms with Crippen molar-refractivity contribution in [3.63, 3.8) is 0 Å². The summed E-state index contributed by atoms with van der Waals surface area (Å²) in [6.45, 7) is 1.58. The predicted molar refractivity (Wildman–Crippen MR) is 88.1 cm³/mol. The van der Waals surface area contributed by atoms with E-state index in [-0.39, 0.29) is 0 Å². The number of nitriles is 1. The molecule has 0 saturated heterocycles. The Labute approximate surface area is 138 Å². The van der Waals surface area contributed by atoms with Crippen LogP contribution in [0.25, 0.3) is 10.1 Å². The van der Waals surface area contributed by atoms with Crippen LogP contribution in [0.1, 0.15) is 12.5 Å². The van der Waals surface area contributed by atoms with Crippen LogP contribution in [-0.4, -0.2) is 31.2 Å². The van der Waals surface area contributed by atoms with Gasteiger partial charge < -0.3 is 15.4 Å². The Hall–Kier alpha value is -2.59. The summed E-state index contributed by atoms with van der Waals surface area (Å²) in [6, 6.07) is 8.35. The number of hydrogen-bond acceptors (Lipinski definition) is 5. The summed E-state index contributed by atoms with van der Waals surface area (Å²) in [5, 5.41) is 16.9. The minimum atomic E-state index is -0.809.